The van der Waals surface area contributed by atoms with Gasteiger partial charge in [-0.05, 0) is 40.5 Å². The van der Waals surface area contributed by atoms with Crippen molar-refractivity contribution in [3.8, 4) is 0 Å². The van der Waals surface area contributed by atoms with Gasteiger partial charge in [0.2, 0.25) is 0 Å². The Morgan fingerprint density at radius 2 is 0.882 bits per heavy atom. The van der Waals surface area contributed by atoms with E-state index in [4.69, 9.17) is 12.6 Å². The van der Waals surface area contributed by atoms with Crippen LogP contribution in [0.2, 0.25) is 0 Å². The molecule has 3 heteroatoms. The summed E-state index contributed by atoms with van der Waals surface area (Å²) in [5.41, 5.74) is 5.98. The molecule has 0 spiro atoms. The average Bonchev–Trinajstić information content (AvgIpc) is 2.93. The number of thioether (sulfide) groups is 1. The molecule has 4 aromatic carbocycles. The van der Waals surface area contributed by atoms with Crippen molar-refractivity contribution in [2.45, 2.75) is 13.8 Å². The molecular formula is C31H30S3. The van der Waals surface area contributed by atoms with E-state index in [-0.39, 0.29) is 0 Å². The van der Waals surface area contributed by atoms with Crippen LogP contribution in [0.5, 0.6) is 0 Å². The van der Waals surface area contributed by atoms with Crippen molar-refractivity contribution in [3.63, 3.8) is 0 Å². The predicted molar refractivity (Wildman–Crippen MR) is 161 cm³/mol. The van der Waals surface area contributed by atoms with E-state index < -0.39 is 0 Å². The van der Waals surface area contributed by atoms with Crippen molar-refractivity contribution in [1.29, 1.82) is 0 Å². The Labute approximate surface area is 219 Å². The van der Waals surface area contributed by atoms with Crippen LogP contribution < -0.4 is 0 Å². The van der Waals surface area contributed by atoms with Gasteiger partial charge in [-0.25, -0.2) is 0 Å². The van der Waals surface area contributed by atoms with Gasteiger partial charge in [0.25, 0.3) is 0 Å². The Hall–Kier alpha value is -2.59. The Kier molecular flexibility index (Phi) is 10.7. The number of hydrogen-bond acceptors (Lipinski definition) is 3. The SMILES string of the molecule is C/C(=C(\S)c1ccccc1)c1ccccc1.CCS/C(=C(\S)c1ccccc1)c1ccccc1. The molecule has 0 heterocycles. The molecule has 0 atom stereocenters. The van der Waals surface area contributed by atoms with Gasteiger partial charge in [-0.2, -0.15) is 0 Å². The maximum Gasteiger partial charge on any atom is 0.0284 e. The van der Waals surface area contributed by atoms with Crippen molar-refractivity contribution in [1.82, 2.24) is 0 Å². The zero-order chi connectivity index (χ0) is 24.2. The molecule has 172 valence electrons. The van der Waals surface area contributed by atoms with E-state index in [1.54, 1.807) is 0 Å². The minimum absolute atomic E-state index is 1.03. The maximum atomic E-state index is 4.72. The number of allylic oxidation sites excluding steroid dienone is 1. The van der Waals surface area contributed by atoms with Gasteiger partial charge in [0.15, 0.2) is 0 Å². The van der Waals surface area contributed by atoms with Crippen LogP contribution >= 0.6 is 37.0 Å². The lowest BCUT2D eigenvalue weighted by Gasteiger charge is -2.11. The summed E-state index contributed by atoms with van der Waals surface area (Å²) in [6, 6.07) is 41.3. The van der Waals surface area contributed by atoms with Gasteiger partial charge in [0.05, 0.1) is 0 Å². The zero-order valence-corrected chi connectivity index (χ0v) is 22.2. The van der Waals surface area contributed by atoms with Crippen molar-refractivity contribution >= 4 is 57.3 Å². The molecule has 4 rings (SSSR count). The van der Waals surface area contributed by atoms with E-state index in [2.05, 4.69) is 87.1 Å². The van der Waals surface area contributed by atoms with Gasteiger partial charge in [-0.3, -0.25) is 0 Å². The molecule has 0 N–H and O–H groups in total. The molecule has 0 radical (unpaired) electrons. The Morgan fingerprint density at radius 1 is 0.529 bits per heavy atom. The van der Waals surface area contributed by atoms with Crippen LogP contribution in [0.25, 0.3) is 20.3 Å². The standard InChI is InChI=1S/C16H16S2.C15H14S/c1-2-18-16(14-11-7-4-8-12-14)15(17)13-9-5-3-6-10-13;1-12(13-8-4-2-5-9-13)15(16)14-10-6-3-7-11-14/h3-12,17H,2H2,1H3;2-11,16H,1H3/b16-15-;15-12+. The van der Waals surface area contributed by atoms with Crippen molar-refractivity contribution in [3.05, 3.63) is 144 Å². The van der Waals surface area contributed by atoms with Crippen LogP contribution in [0.4, 0.5) is 0 Å². The zero-order valence-electron chi connectivity index (χ0n) is 19.6. The van der Waals surface area contributed by atoms with Gasteiger partial charge < -0.3 is 0 Å². The second-order valence-electron chi connectivity index (χ2n) is 7.55. The fraction of sp³-hybridized carbons (Fsp3) is 0.0968. The second-order valence-corrected chi connectivity index (χ2v) is 9.72. The molecular weight excluding hydrogens is 469 g/mol. The van der Waals surface area contributed by atoms with E-state index >= 15 is 0 Å². The summed E-state index contributed by atoms with van der Waals surface area (Å²) in [6.07, 6.45) is 0. The molecule has 0 aliphatic rings. The first-order valence-corrected chi connectivity index (χ1v) is 13.2. The molecule has 0 saturated heterocycles. The monoisotopic (exact) mass is 498 g/mol. The largest absolute Gasteiger partial charge is 0.143 e. The van der Waals surface area contributed by atoms with Crippen molar-refractivity contribution in [2.24, 2.45) is 0 Å². The molecule has 0 aromatic heterocycles. The highest BCUT2D eigenvalue weighted by Crippen LogP contribution is 2.37. The van der Waals surface area contributed by atoms with Gasteiger partial charge >= 0.3 is 0 Å². The van der Waals surface area contributed by atoms with Gasteiger partial charge in [0.1, 0.15) is 0 Å². The Morgan fingerprint density at radius 3 is 1.29 bits per heavy atom. The van der Waals surface area contributed by atoms with Crippen LogP contribution in [0.1, 0.15) is 36.1 Å². The molecule has 0 bridgehead atoms. The van der Waals surface area contributed by atoms with E-state index in [1.807, 2.05) is 72.4 Å². The summed E-state index contributed by atoms with van der Waals surface area (Å²) >= 11 is 11.2. The molecule has 34 heavy (non-hydrogen) atoms. The van der Waals surface area contributed by atoms with Gasteiger partial charge in [-0.1, -0.05) is 128 Å². The molecule has 0 amide bonds. The molecule has 0 aliphatic heterocycles. The van der Waals surface area contributed by atoms with Crippen LogP contribution in [0, 0.1) is 0 Å². The lowest BCUT2D eigenvalue weighted by atomic mass is 10.0. The minimum atomic E-state index is 1.03. The highest BCUT2D eigenvalue weighted by atomic mass is 32.2. The van der Waals surface area contributed by atoms with Gasteiger partial charge in [-0.15, -0.1) is 37.0 Å². The van der Waals surface area contributed by atoms with E-state index in [9.17, 15) is 0 Å². The third-order valence-electron chi connectivity index (χ3n) is 5.20. The molecule has 0 saturated carbocycles. The topological polar surface area (TPSA) is 0 Å². The normalized spacial score (nSPS) is 12.1. The number of thiol groups is 2. The Balaban J connectivity index is 0.000000192. The lowest BCUT2D eigenvalue weighted by molar-refractivity contribution is 1.53. The first-order valence-electron chi connectivity index (χ1n) is 11.3. The third-order valence-corrected chi connectivity index (χ3v) is 7.44. The van der Waals surface area contributed by atoms with Crippen LogP contribution in [-0.2, 0) is 0 Å². The highest BCUT2D eigenvalue weighted by Gasteiger charge is 2.08. The van der Waals surface area contributed by atoms with Crippen LogP contribution in [-0.4, -0.2) is 5.75 Å². The molecule has 0 aliphatic carbocycles. The first kappa shape index (κ1) is 26.0. The van der Waals surface area contributed by atoms with E-state index in [0.717, 1.165) is 21.1 Å². The summed E-state index contributed by atoms with van der Waals surface area (Å²) in [7, 11) is 0. The molecule has 0 nitrogen and oxygen atoms in total. The summed E-state index contributed by atoms with van der Waals surface area (Å²) in [6.45, 7) is 4.27. The van der Waals surface area contributed by atoms with Crippen LogP contribution in [0.3, 0.4) is 0 Å². The summed E-state index contributed by atoms with van der Waals surface area (Å²) < 4.78 is 0. The third kappa shape index (κ3) is 7.46. The van der Waals surface area contributed by atoms with E-state index in [0.29, 0.717) is 0 Å². The van der Waals surface area contributed by atoms with Crippen molar-refractivity contribution in [2.75, 3.05) is 5.75 Å². The number of rotatable bonds is 6. The smallest absolute Gasteiger partial charge is 0.0284 e. The minimum Gasteiger partial charge on any atom is -0.143 e. The Bertz CT molecular complexity index is 1150. The fourth-order valence-corrected chi connectivity index (χ4v) is 4.98. The lowest BCUT2D eigenvalue weighted by Crippen LogP contribution is -1.85. The van der Waals surface area contributed by atoms with Crippen molar-refractivity contribution < 1.29 is 0 Å². The maximum absolute atomic E-state index is 4.72. The fourth-order valence-electron chi connectivity index (χ4n) is 3.39. The van der Waals surface area contributed by atoms with E-state index in [1.165, 1.54) is 27.2 Å². The summed E-state index contributed by atoms with van der Waals surface area (Å²) in [5.74, 6) is 1.04. The molecule has 4 aromatic rings. The quantitative estimate of drug-likeness (QED) is 0.197. The van der Waals surface area contributed by atoms with Gasteiger partial charge in [0, 0.05) is 14.7 Å². The first-order chi connectivity index (χ1) is 16.6. The summed E-state index contributed by atoms with van der Waals surface area (Å²) in [5, 5.41) is 0. The average molecular weight is 499 g/mol. The highest BCUT2D eigenvalue weighted by molar-refractivity contribution is 8.10. The molecule has 0 fully saturated rings. The predicted octanol–water partition coefficient (Wildman–Crippen LogP) is 9.70. The number of hydrogen-bond donors (Lipinski definition) is 2. The van der Waals surface area contributed by atoms with Crippen LogP contribution in [0.15, 0.2) is 121 Å². The molecule has 0 unspecified atom stereocenters. The second kappa shape index (κ2) is 14.0. The number of benzene rings is 4. The summed E-state index contributed by atoms with van der Waals surface area (Å²) in [4.78, 5) is 3.33.